The van der Waals surface area contributed by atoms with Crippen LogP contribution in [0.25, 0.3) is 0 Å². The fraction of sp³-hybridized carbons (Fsp3) is 0.533. The van der Waals surface area contributed by atoms with E-state index in [-0.39, 0.29) is 24.1 Å². The fourth-order valence-electron chi connectivity index (χ4n) is 3.60. The van der Waals surface area contributed by atoms with E-state index in [1.165, 1.54) is 6.07 Å². The maximum atomic E-state index is 12.5. The second-order valence-corrected chi connectivity index (χ2v) is 5.93. The number of nitrogens with one attached hydrogen (secondary N) is 1. The number of likely N-dealkylation sites (tertiary alicyclic amines) is 1. The van der Waals surface area contributed by atoms with Crippen molar-refractivity contribution in [1.82, 2.24) is 10.2 Å². The van der Waals surface area contributed by atoms with Crippen molar-refractivity contribution in [3.05, 3.63) is 39.9 Å². The highest BCUT2D eigenvalue weighted by molar-refractivity contribution is 5.80. The molecule has 1 N–H and O–H groups in total. The van der Waals surface area contributed by atoms with E-state index >= 15 is 0 Å². The largest absolute Gasteiger partial charge is 0.339 e. The van der Waals surface area contributed by atoms with Gasteiger partial charge in [-0.05, 0) is 18.8 Å². The van der Waals surface area contributed by atoms with Crippen LogP contribution in [-0.2, 0) is 11.2 Å². The minimum atomic E-state index is -0.422. The van der Waals surface area contributed by atoms with E-state index in [0.717, 1.165) is 19.6 Å². The number of carbonyl (C=O) groups is 1. The van der Waals surface area contributed by atoms with Crippen LogP contribution >= 0.6 is 0 Å². The van der Waals surface area contributed by atoms with Gasteiger partial charge in [-0.2, -0.15) is 0 Å². The molecule has 1 aromatic carbocycles. The van der Waals surface area contributed by atoms with Crippen LogP contribution in [0.5, 0.6) is 0 Å². The summed E-state index contributed by atoms with van der Waals surface area (Å²) in [6, 6.07) is 6.69. The van der Waals surface area contributed by atoms with Crippen molar-refractivity contribution in [3.63, 3.8) is 0 Å². The highest BCUT2D eigenvalue weighted by atomic mass is 16.6. The smallest absolute Gasteiger partial charge is 0.273 e. The van der Waals surface area contributed by atoms with Gasteiger partial charge in [-0.25, -0.2) is 0 Å². The average molecular weight is 289 g/mol. The first-order chi connectivity index (χ1) is 10.1. The number of para-hydroxylation sites is 1. The Balaban J connectivity index is 1.74. The minimum Gasteiger partial charge on any atom is -0.339 e. The Morgan fingerprint density at radius 2 is 2.19 bits per heavy atom. The van der Waals surface area contributed by atoms with Gasteiger partial charge in [0.2, 0.25) is 5.91 Å². The van der Waals surface area contributed by atoms with Crippen LogP contribution < -0.4 is 5.32 Å². The van der Waals surface area contributed by atoms with Gasteiger partial charge in [0, 0.05) is 37.3 Å². The quantitative estimate of drug-likeness (QED) is 0.670. The van der Waals surface area contributed by atoms with Crippen molar-refractivity contribution >= 4 is 11.6 Å². The van der Waals surface area contributed by atoms with E-state index in [0.29, 0.717) is 17.4 Å². The standard InChI is InChI=1S/C15H19N3O3/c1-10-13-8-16-7-12(13)9-17(10)15(19)6-11-4-2-3-5-14(11)18(20)21/h2-5,10,12-13,16H,6-9H2,1H3. The molecule has 0 aromatic heterocycles. The molecule has 0 aliphatic carbocycles. The summed E-state index contributed by atoms with van der Waals surface area (Å²) in [5, 5.41) is 14.4. The number of nitro groups is 1. The monoisotopic (exact) mass is 289 g/mol. The Kier molecular flexibility index (Phi) is 3.63. The summed E-state index contributed by atoms with van der Waals surface area (Å²) >= 11 is 0. The number of benzene rings is 1. The normalized spacial score (nSPS) is 27.7. The van der Waals surface area contributed by atoms with E-state index < -0.39 is 4.92 Å². The molecular weight excluding hydrogens is 270 g/mol. The van der Waals surface area contributed by atoms with Crippen molar-refractivity contribution in [3.8, 4) is 0 Å². The van der Waals surface area contributed by atoms with E-state index in [9.17, 15) is 14.9 Å². The molecule has 1 amide bonds. The molecular formula is C15H19N3O3. The lowest BCUT2D eigenvalue weighted by molar-refractivity contribution is -0.385. The molecule has 3 atom stereocenters. The van der Waals surface area contributed by atoms with E-state index in [2.05, 4.69) is 12.2 Å². The highest BCUT2D eigenvalue weighted by Gasteiger charge is 2.43. The Morgan fingerprint density at radius 1 is 1.43 bits per heavy atom. The van der Waals surface area contributed by atoms with Gasteiger partial charge in [0.05, 0.1) is 11.3 Å². The van der Waals surface area contributed by atoms with E-state index in [1.54, 1.807) is 18.2 Å². The molecule has 1 aromatic rings. The van der Waals surface area contributed by atoms with E-state index in [4.69, 9.17) is 0 Å². The molecule has 3 rings (SSSR count). The summed E-state index contributed by atoms with van der Waals surface area (Å²) in [6.45, 7) is 4.76. The molecule has 0 spiro atoms. The lowest BCUT2D eigenvalue weighted by Crippen LogP contribution is -2.39. The SMILES string of the molecule is CC1C2CNCC2CN1C(=O)Cc1ccccc1[N+](=O)[O-]. The lowest BCUT2D eigenvalue weighted by atomic mass is 9.95. The zero-order valence-electron chi connectivity index (χ0n) is 12.0. The van der Waals surface area contributed by atoms with Crippen molar-refractivity contribution < 1.29 is 9.72 Å². The maximum Gasteiger partial charge on any atom is 0.273 e. The first-order valence-corrected chi connectivity index (χ1v) is 7.30. The third-order valence-electron chi connectivity index (χ3n) is 4.78. The molecule has 2 aliphatic rings. The Morgan fingerprint density at radius 3 is 2.90 bits per heavy atom. The number of rotatable bonds is 3. The summed E-state index contributed by atoms with van der Waals surface area (Å²) < 4.78 is 0. The highest BCUT2D eigenvalue weighted by Crippen LogP contribution is 2.33. The first-order valence-electron chi connectivity index (χ1n) is 7.30. The van der Waals surface area contributed by atoms with Crippen LogP contribution in [-0.4, -0.2) is 41.4 Å². The predicted octanol–water partition coefficient (Wildman–Crippen LogP) is 1.20. The number of fused-ring (bicyclic) bond motifs is 1. The Bertz CT molecular complexity index is 575. The summed E-state index contributed by atoms with van der Waals surface area (Å²) in [5.41, 5.74) is 0.523. The summed E-state index contributed by atoms with van der Waals surface area (Å²) in [7, 11) is 0. The fourth-order valence-corrected chi connectivity index (χ4v) is 3.60. The van der Waals surface area contributed by atoms with Crippen LogP contribution in [0.3, 0.4) is 0 Å². The number of nitro benzene ring substituents is 1. The number of carbonyl (C=O) groups excluding carboxylic acids is 1. The Labute approximate surface area is 123 Å². The van der Waals surface area contributed by atoms with Gasteiger partial charge in [0.15, 0.2) is 0 Å². The molecule has 2 heterocycles. The first kappa shape index (κ1) is 14.0. The van der Waals surface area contributed by atoms with Crippen LogP contribution in [0.1, 0.15) is 12.5 Å². The van der Waals surface area contributed by atoms with Crippen molar-refractivity contribution in [2.24, 2.45) is 11.8 Å². The average Bonchev–Trinajstić information content (AvgIpc) is 3.02. The van der Waals surface area contributed by atoms with Gasteiger partial charge in [0.25, 0.3) is 5.69 Å². The number of amides is 1. The molecule has 2 fully saturated rings. The van der Waals surface area contributed by atoms with Crippen molar-refractivity contribution in [1.29, 1.82) is 0 Å². The van der Waals surface area contributed by atoms with Crippen LogP contribution in [0, 0.1) is 22.0 Å². The van der Waals surface area contributed by atoms with Crippen molar-refractivity contribution in [2.45, 2.75) is 19.4 Å². The van der Waals surface area contributed by atoms with Crippen LogP contribution in [0.4, 0.5) is 5.69 Å². The van der Waals surface area contributed by atoms with Gasteiger partial charge in [-0.15, -0.1) is 0 Å². The zero-order valence-corrected chi connectivity index (χ0v) is 12.0. The molecule has 2 saturated heterocycles. The molecule has 112 valence electrons. The van der Waals surface area contributed by atoms with Crippen molar-refractivity contribution in [2.75, 3.05) is 19.6 Å². The molecule has 6 heteroatoms. The molecule has 3 unspecified atom stereocenters. The van der Waals surface area contributed by atoms with Gasteiger partial charge >= 0.3 is 0 Å². The lowest BCUT2D eigenvalue weighted by Gasteiger charge is -2.24. The summed E-state index contributed by atoms with van der Waals surface area (Å²) in [6.07, 6.45) is 0.106. The second kappa shape index (κ2) is 5.44. The predicted molar refractivity (Wildman–Crippen MR) is 77.8 cm³/mol. The number of hydrogen-bond acceptors (Lipinski definition) is 4. The van der Waals surface area contributed by atoms with Crippen LogP contribution in [0.15, 0.2) is 24.3 Å². The van der Waals surface area contributed by atoms with Gasteiger partial charge in [-0.3, -0.25) is 14.9 Å². The van der Waals surface area contributed by atoms with Gasteiger partial charge in [0.1, 0.15) is 0 Å². The molecule has 0 saturated carbocycles. The third kappa shape index (κ3) is 2.51. The summed E-state index contributed by atoms with van der Waals surface area (Å²) in [5.74, 6) is 1.03. The third-order valence-corrected chi connectivity index (χ3v) is 4.78. The van der Waals surface area contributed by atoms with Gasteiger partial charge in [-0.1, -0.05) is 18.2 Å². The molecule has 0 bridgehead atoms. The number of nitrogens with zero attached hydrogens (tertiary/aromatic N) is 2. The Hall–Kier alpha value is -1.95. The molecule has 6 nitrogen and oxygen atoms in total. The van der Waals surface area contributed by atoms with Crippen LogP contribution in [0.2, 0.25) is 0 Å². The zero-order chi connectivity index (χ0) is 15.0. The van der Waals surface area contributed by atoms with Gasteiger partial charge < -0.3 is 10.2 Å². The molecule has 2 aliphatic heterocycles. The molecule has 0 radical (unpaired) electrons. The topological polar surface area (TPSA) is 75.5 Å². The second-order valence-electron chi connectivity index (χ2n) is 5.93. The summed E-state index contributed by atoms with van der Waals surface area (Å²) in [4.78, 5) is 25.0. The molecule has 21 heavy (non-hydrogen) atoms. The maximum absolute atomic E-state index is 12.5. The van der Waals surface area contributed by atoms with E-state index in [1.807, 2.05) is 4.90 Å². The minimum absolute atomic E-state index is 0.00815. The number of hydrogen-bond donors (Lipinski definition) is 1.